The highest BCUT2D eigenvalue weighted by Crippen LogP contribution is 2.25. The van der Waals surface area contributed by atoms with Crippen LogP contribution in [0, 0.1) is 0 Å². The van der Waals surface area contributed by atoms with E-state index in [2.05, 4.69) is 26.9 Å². The van der Waals surface area contributed by atoms with Crippen LogP contribution < -0.4 is 0 Å². The van der Waals surface area contributed by atoms with Crippen molar-refractivity contribution in [3.63, 3.8) is 0 Å². The minimum Gasteiger partial charge on any atom is -0.461 e. The van der Waals surface area contributed by atoms with Crippen LogP contribution in [0.3, 0.4) is 0 Å². The summed E-state index contributed by atoms with van der Waals surface area (Å²) in [5.74, 6) is 2.30. The van der Waals surface area contributed by atoms with E-state index in [0.29, 0.717) is 13.2 Å². The maximum Gasteiger partial charge on any atom is 0.200 e. The van der Waals surface area contributed by atoms with Crippen LogP contribution in [0.4, 0.5) is 0 Å². The molecular formula is C16H17N3O2S. The Hall–Kier alpha value is -2.05. The molecule has 0 saturated carbocycles. The Kier molecular flexibility index (Phi) is 4.92. The predicted molar refractivity (Wildman–Crippen MR) is 85.9 cm³/mol. The number of thioether (sulfide) groups is 1. The number of hydrogen-bond donors (Lipinski definition) is 0. The van der Waals surface area contributed by atoms with E-state index < -0.39 is 0 Å². The molecule has 0 unspecified atom stereocenters. The van der Waals surface area contributed by atoms with Gasteiger partial charge in [0.2, 0.25) is 5.82 Å². The quantitative estimate of drug-likeness (QED) is 0.494. The number of furan rings is 1. The number of rotatable bonds is 7. The van der Waals surface area contributed by atoms with Gasteiger partial charge in [0.1, 0.15) is 0 Å². The van der Waals surface area contributed by atoms with Crippen molar-refractivity contribution < 1.29 is 9.15 Å². The standard InChI is InChI=1S/C16H17N3O2S/c1-20-10-11-22-16-18-17-15(14-8-5-9-21-14)19(16)12-13-6-3-2-4-7-13/h2-9H,10-12H2,1H3. The third kappa shape index (κ3) is 3.40. The second kappa shape index (κ2) is 7.29. The smallest absolute Gasteiger partial charge is 0.200 e. The lowest BCUT2D eigenvalue weighted by atomic mass is 10.2. The number of methoxy groups -OCH3 is 1. The van der Waals surface area contributed by atoms with Crippen LogP contribution >= 0.6 is 11.8 Å². The molecule has 22 heavy (non-hydrogen) atoms. The second-order valence-corrected chi connectivity index (χ2v) is 5.76. The highest BCUT2D eigenvalue weighted by molar-refractivity contribution is 7.99. The van der Waals surface area contributed by atoms with E-state index in [1.54, 1.807) is 25.1 Å². The SMILES string of the molecule is COCCSc1nnc(-c2ccco2)n1Cc1ccccc1. The molecule has 1 aromatic carbocycles. The van der Waals surface area contributed by atoms with Gasteiger partial charge in [-0.2, -0.15) is 0 Å². The fraction of sp³-hybridized carbons (Fsp3) is 0.250. The van der Waals surface area contributed by atoms with Crippen LogP contribution in [0.2, 0.25) is 0 Å². The van der Waals surface area contributed by atoms with E-state index in [-0.39, 0.29) is 0 Å². The molecule has 0 N–H and O–H groups in total. The first-order chi connectivity index (χ1) is 10.9. The van der Waals surface area contributed by atoms with Gasteiger partial charge in [0.15, 0.2) is 10.9 Å². The van der Waals surface area contributed by atoms with Gasteiger partial charge in [-0.1, -0.05) is 42.1 Å². The van der Waals surface area contributed by atoms with Gasteiger partial charge in [0, 0.05) is 12.9 Å². The fourth-order valence-electron chi connectivity index (χ4n) is 2.11. The summed E-state index contributed by atoms with van der Waals surface area (Å²) in [4.78, 5) is 0. The molecule has 0 fully saturated rings. The molecular weight excluding hydrogens is 298 g/mol. The molecule has 2 aromatic heterocycles. The van der Waals surface area contributed by atoms with Crippen LogP contribution in [0.1, 0.15) is 5.56 Å². The Morgan fingerprint density at radius 3 is 2.73 bits per heavy atom. The van der Waals surface area contributed by atoms with Crippen LogP contribution in [0.5, 0.6) is 0 Å². The monoisotopic (exact) mass is 315 g/mol. The summed E-state index contributed by atoms with van der Waals surface area (Å²) in [6.07, 6.45) is 1.65. The van der Waals surface area contributed by atoms with Crippen molar-refractivity contribution in [3.05, 3.63) is 54.3 Å². The Bertz CT molecular complexity index is 696. The average molecular weight is 315 g/mol. The first kappa shape index (κ1) is 14.9. The molecule has 2 heterocycles. The van der Waals surface area contributed by atoms with E-state index >= 15 is 0 Å². The van der Waals surface area contributed by atoms with Crippen LogP contribution in [0.25, 0.3) is 11.6 Å². The first-order valence-electron chi connectivity index (χ1n) is 7.01. The molecule has 0 spiro atoms. The van der Waals surface area contributed by atoms with E-state index in [4.69, 9.17) is 9.15 Å². The third-order valence-corrected chi connectivity index (χ3v) is 4.09. The summed E-state index contributed by atoms with van der Waals surface area (Å²) in [5.41, 5.74) is 1.20. The van der Waals surface area contributed by atoms with Crippen molar-refractivity contribution in [2.24, 2.45) is 0 Å². The molecule has 0 aliphatic heterocycles. The van der Waals surface area contributed by atoms with E-state index in [1.165, 1.54) is 5.56 Å². The number of nitrogens with zero attached hydrogens (tertiary/aromatic N) is 3. The number of ether oxygens (including phenoxy) is 1. The summed E-state index contributed by atoms with van der Waals surface area (Å²) in [6, 6.07) is 14.0. The lowest BCUT2D eigenvalue weighted by Crippen LogP contribution is -2.04. The lowest BCUT2D eigenvalue weighted by molar-refractivity contribution is 0.218. The Balaban J connectivity index is 1.90. The topological polar surface area (TPSA) is 53.1 Å². The maximum absolute atomic E-state index is 5.48. The lowest BCUT2D eigenvalue weighted by Gasteiger charge is -2.09. The maximum atomic E-state index is 5.48. The second-order valence-electron chi connectivity index (χ2n) is 4.70. The Labute approximate surface area is 133 Å². The molecule has 0 aliphatic carbocycles. The van der Waals surface area contributed by atoms with Crippen molar-refractivity contribution in [3.8, 4) is 11.6 Å². The summed E-state index contributed by atoms with van der Waals surface area (Å²) >= 11 is 1.63. The van der Waals surface area contributed by atoms with Gasteiger partial charge in [0.25, 0.3) is 0 Å². The van der Waals surface area contributed by atoms with Crippen molar-refractivity contribution in [1.29, 1.82) is 0 Å². The molecule has 0 aliphatic rings. The molecule has 6 heteroatoms. The third-order valence-electron chi connectivity index (χ3n) is 3.16. The van der Waals surface area contributed by atoms with E-state index in [9.17, 15) is 0 Å². The highest BCUT2D eigenvalue weighted by atomic mass is 32.2. The number of hydrogen-bond acceptors (Lipinski definition) is 5. The van der Waals surface area contributed by atoms with Gasteiger partial charge in [-0.05, 0) is 17.7 Å². The molecule has 0 saturated heterocycles. The summed E-state index contributed by atoms with van der Waals surface area (Å²) in [7, 11) is 1.70. The molecule has 0 amide bonds. The zero-order chi connectivity index (χ0) is 15.2. The summed E-state index contributed by atoms with van der Waals surface area (Å²) in [6.45, 7) is 1.39. The number of benzene rings is 1. The Morgan fingerprint density at radius 1 is 1.14 bits per heavy atom. The van der Waals surface area contributed by atoms with Crippen molar-refractivity contribution >= 4 is 11.8 Å². The zero-order valence-electron chi connectivity index (χ0n) is 12.3. The Morgan fingerprint density at radius 2 is 2.00 bits per heavy atom. The first-order valence-corrected chi connectivity index (χ1v) is 8.00. The predicted octanol–water partition coefficient (Wildman–Crippen LogP) is 3.32. The average Bonchev–Trinajstić information content (AvgIpc) is 3.19. The molecule has 5 nitrogen and oxygen atoms in total. The molecule has 3 aromatic rings. The molecule has 0 bridgehead atoms. The van der Waals surface area contributed by atoms with Crippen LogP contribution in [-0.4, -0.2) is 34.2 Å². The normalized spacial score (nSPS) is 11.0. The van der Waals surface area contributed by atoms with Crippen LogP contribution in [0.15, 0.2) is 58.3 Å². The van der Waals surface area contributed by atoms with Crippen molar-refractivity contribution in [2.75, 3.05) is 19.5 Å². The van der Waals surface area contributed by atoms with Gasteiger partial charge in [-0.25, -0.2) is 0 Å². The van der Waals surface area contributed by atoms with Gasteiger partial charge in [0.05, 0.1) is 19.4 Å². The summed E-state index contributed by atoms with van der Waals surface area (Å²) < 4.78 is 12.7. The molecule has 3 rings (SSSR count). The van der Waals surface area contributed by atoms with E-state index in [1.807, 2.05) is 30.3 Å². The van der Waals surface area contributed by atoms with Gasteiger partial charge in [-0.3, -0.25) is 4.57 Å². The minimum absolute atomic E-state index is 0.680. The van der Waals surface area contributed by atoms with E-state index in [0.717, 1.165) is 22.5 Å². The van der Waals surface area contributed by atoms with Crippen LogP contribution in [-0.2, 0) is 11.3 Å². The molecule has 114 valence electrons. The molecule has 0 radical (unpaired) electrons. The number of aromatic nitrogens is 3. The van der Waals surface area contributed by atoms with Gasteiger partial charge in [-0.15, -0.1) is 10.2 Å². The zero-order valence-corrected chi connectivity index (χ0v) is 13.1. The van der Waals surface area contributed by atoms with Gasteiger partial charge >= 0.3 is 0 Å². The minimum atomic E-state index is 0.680. The fourth-order valence-corrected chi connectivity index (χ4v) is 2.95. The van der Waals surface area contributed by atoms with Crippen molar-refractivity contribution in [1.82, 2.24) is 14.8 Å². The molecule has 0 atom stereocenters. The summed E-state index contributed by atoms with van der Waals surface area (Å²) in [5, 5.41) is 9.46. The van der Waals surface area contributed by atoms with Gasteiger partial charge < -0.3 is 9.15 Å². The van der Waals surface area contributed by atoms with Crippen molar-refractivity contribution in [2.45, 2.75) is 11.7 Å². The largest absolute Gasteiger partial charge is 0.461 e. The highest BCUT2D eigenvalue weighted by Gasteiger charge is 2.16.